The Morgan fingerprint density at radius 2 is 1.75 bits per heavy atom. The summed E-state index contributed by atoms with van der Waals surface area (Å²) in [5, 5.41) is 0. The van der Waals surface area contributed by atoms with Crippen molar-refractivity contribution in [2.45, 2.75) is 65.5 Å². The van der Waals surface area contributed by atoms with E-state index in [2.05, 4.69) is 32.6 Å². The van der Waals surface area contributed by atoms with Crippen molar-refractivity contribution in [1.82, 2.24) is 4.90 Å². The number of hydrogen-bond acceptors (Lipinski definition) is 2. The fourth-order valence-electron chi connectivity index (χ4n) is 2.45. The molecule has 0 aromatic carbocycles. The van der Waals surface area contributed by atoms with Crippen LogP contribution in [0.3, 0.4) is 0 Å². The molecule has 0 aromatic rings. The van der Waals surface area contributed by atoms with Gasteiger partial charge in [0.25, 0.3) is 0 Å². The lowest BCUT2D eigenvalue weighted by atomic mass is 9.92. The van der Waals surface area contributed by atoms with Crippen molar-refractivity contribution in [1.29, 1.82) is 0 Å². The van der Waals surface area contributed by atoms with Gasteiger partial charge in [-0.3, -0.25) is 0 Å². The summed E-state index contributed by atoms with van der Waals surface area (Å²) in [6, 6.07) is 0.727. The first-order valence-corrected chi connectivity index (χ1v) is 6.95. The molecule has 0 aliphatic carbocycles. The molecule has 1 aliphatic heterocycles. The molecule has 0 atom stereocenters. The third-order valence-electron chi connectivity index (χ3n) is 3.59. The van der Waals surface area contributed by atoms with Gasteiger partial charge in [0.1, 0.15) is 0 Å². The molecule has 0 N–H and O–H groups in total. The third kappa shape index (κ3) is 5.31. The van der Waals surface area contributed by atoms with Crippen LogP contribution in [0.25, 0.3) is 0 Å². The SMILES string of the molecule is CC(C)OCCCC1CCN(C(C)C)CC1. The molecule has 1 rings (SSSR count). The molecule has 2 heteroatoms. The Hall–Kier alpha value is -0.0800. The first kappa shape index (κ1) is 14.0. The first-order valence-electron chi connectivity index (χ1n) is 6.95. The van der Waals surface area contributed by atoms with Crippen LogP contribution in [0.15, 0.2) is 0 Å². The molecule has 1 heterocycles. The summed E-state index contributed by atoms with van der Waals surface area (Å²) in [5.41, 5.74) is 0. The van der Waals surface area contributed by atoms with Crippen molar-refractivity contribution >= 4 is 0 Å². The number of rotatable bonds is 6. The zero-order chi connectivity index (χ0) is 12.0. The molecule has 0 saturated carbocycles. The Balaban J connectivity index is 2.04. The second-order valence-corrected chi connectivity index (χ2v) is 5.63. The van der Waals surface area contributed by atoms with E-state index in [1.165, 1.54) is 38.8 Å². The third-order valence-corrected chi connectivity index (χ3v) is 3.59. The average Bonchev–Trinajstić information content (AvgIpc) is 2.25. The van der Waals surface area contributed by atoms with E-state index in [0.29, 0.717) is 6.10 Å². The number of ether oxygens (including phenoxy) is 1. The predicted molar refractivity (Wildman–Crippen MR) is 69.8 cm³/mol. The number of likely N-dealkylation sites (tertiary alicyclic amines) is 1. The molecule has 2 nitrogen and oxygen atoms in total. The van der Waals surface area contributed by atoms with E-state index in [-0.39, 0.29) is 0 Å². The second-order valence-electron chi connectivity index (χ2n) is 5.63. The zero-order valence-electron chi connectivity index (χ0n) is 11.5. The highest BCUT2D eigenvalue weighted by Crippen LogP contribution is 2.22. The standard InChI is InChI=1S/C14H29NO/c1-12(2)15-9-7-14(8-10-15)6-5-11-16-13(3)4/h12-14H,5-11H2,1-4H3. The zero-order valence-corrected chi connectivity index (χ0v) is 11.5. The molecular weight excluding hydrogens is 198 g/mol. The molecule has 96 valence electrons. The van der Waals surface area contributed by atoms with Gasteiger partial charge in [0.2, 0.25) is 0 Å². The van der Waals surface area contributed by atoms with Crippen LogP contribution in [0.2, 0.25) is 0 Å². The van der Waals surface area contributed by atoms with Crippen molar-refractivity contribution in [3.05, 3.63) is 0 Å². The Morgan fingerprint density at radius 3 is 2.25 bits per heavy atom. The van der Waals surface area contributed by atoms with Gasteiger partial charge in [-0.2, -0.15) is 0 Å². The predicted octanol–water partition coefficient (Wildman–Crippen LogP) is 3.31. The van der Waals surface area contributed by atoms with Crippen molar-refractivity contribution in [3.63, 3.8) is 0 Å². The smallest absolute Gasteiger partial charge is 0.0518 e. The van der Waals surface area contributed by atoms with Crippen molar-refractivity contribution in [3.8, 4) is 0 Å². The minimum absolute atomic E-state index is 0.391. The monoisotopic (exact) mass is 227 g/mol. The topological polar surface area (TPSA) is 12.5 Å². The molecule has 0 amide bonds. The van der Waals surface area contributed by atoms with Crippen LogP contribution in [-0.4, -0.2) is 36.7 Å². The molecule has 1 aliphatic rings. The summed E-state index contributed by atoms with van der Waals surface area (Å²) in [6.45, 7) is 12.4. The molecular formula is C14H29NO. The highest BCUT2D eigenvalue weighted by Gasteiger charge is 2.20. The minimum Gasteiger partial charge on any atom is -0.379 e. The van der Waals surface area contributed by atoms with Crippen LogP contribution < -0.4 is 0 Å². The highest BCUT2D eigenvalue weighted by atomic mass is 16.5. The maximum Gasteiger partial charge on any atom is 0.0518 e. The largest absolute Gasteiger partial charge is 0.379 e. The Morgan fingerprint density at radius 1 is 1.12 bits per heavy atom. The molecule has 0 unspecified atom stereocenters. The van der Waals surface area contributed by atoms with Crippen molar-refractivity contribution in [2.24, 2.45) is 5.92 Å². The van der Waals surface area contributed by atoms with Crippen LogP contribution in [0, 0.1) is 5.92 Å². The van der Waals surface area contributed by atoms with Gasteiger partial charge in [0, 0.05) is 12.6 Å². The molecule has 1 fully saturated rings. The first-order chi connectivity index (χ1) is 7.59. The van der Waals surface area contributed by atoms with Crippen molar-refractivity contribution in [2.75, 3.05) is 19.7 Å². The lowest BCUT2D eigenvalue weighted by Gasteiger charge is -2.34. The summed E-state index contributed by atoms with van der Waals surface area (Å²) in [5.74, 6) is 0.950. The average molecular weight is 227 g/mol. The van der Waals surface area contributed by atoms with Crippen LogP contribution in [0.1, 0.15) is 53.4 Å². The molecule has 1 saturated heterocycles. The normalized spacial score (nSPS) is 19.9. The van der Waals surface area contributed by atoms with Gasteiger partial charge < -0.3 is 9.64 Å². The maximum absolute atomic E-state index is 5.58. The fraction of sp³-hybridized carbons (Fsp3) is 1.00. The van der Waals surface area contributed by atoms with E-state index < -0.39 is 0 Å². The summed E-state index contributed by atoms with van der Waals surface area (Å²) in [7, 11) is 0. The lowest BCUT2D eigenvalue weighted by Crippen LogP contribution is -2.38. The van der Waals surface area contributed by atoms with E-state index >= 15 is 0 Å². The van der Waals surface area contributed by atoms with E-state index in [1.807, 2.05) is 0 Å². The van der Waals surface area contributed by atoms with Crippen LogP contribution in [0.4, 0.5) is 0 Å². The summed E-state index contributed by atoms with van der Waals surface area (Å²) < 4.78 is 5.58. The van der Waals surface area contributed by atoms with Gasteiger partial charge in [-0.25, -0.2) is 0 Å². The van der Waals surface area contributed by atoms with E-state index in [9.17, 15) is 0 Å². The Bertz CT molecular complexity index is 172. The Labute approximate surface area is 101 Å². The number of piperidine rings is 1. The van der Waals surface area contributed by atoms with Crippen LogP contribution >= 0.6 is 0 Å². The van der Waals surface area contributed by atoms with Crippen molar-refractivity contribution < 1.29 is 4.74 Å². The summed E-state index contributed by atoms with van der Waals surface area (Å²) in [6.07, 6.45) is 5.77. The summed E-state index contributed by atoms with van der Waals surface area (Å²) >= 11 is 0. The van der Waals surface area contributed by atoms with Gasteiger partial charge >= 0.3 is 0 Å². The van der Waals surface area contributed by atoms with Crippen LogP contribution in [0.5, 0.6) is 0 Å². The second kappa shape index (κ2) is 7.29. The molecule has 0 radical (unpaired) electrons. The fourth-order valence-corrected chi connectivity index (χ4v) is 2.45. The quantitative estimate of drug-likeness (QED) is 0.645. The number of hydrogen-bond donors (Lipinski definition) is 0. The highest BCUT2D eigenvalue weighted by molar-refractivity contribution is 4.74. The molecule has 0 bridgehead atoms. The number of nitrogens with zero attached hydrogens (tertiary/aromatic N) is 1. The van der Waals surface area contributed by atoms with Crippen LogP contribution in [-0.2, 0) is 4.74 Å². The van der Waals surface area contributed by atoms with Gasteiger partial charge in [0.15, 0.2) is 0 Å². The molecule has 0 aromatic heterocycles. The molecule has 16 heavy (non-hydrogen) atoms. The Kier molecular flexibility index (Phi) is 6.37. The van der Waals surface area contributed by atoms with E-state index in [1.54, 1.807) is 0 Å². The van der Waals surface area contributed by atoms with E-state index in [4.69, 9.17) is 4.74 Å². The van der Waals surface area contributed by atoms with Gasteiger partial charge in [-0.1, -0.05) is 0 Å². The summed E-state index contributed by atoms with van der Waals surface area (Å²) in [4.78, 5) is 2.60. The van der Waals surface area contributed by atoms with Gasteiger partial charge in [0.05, 0.1) is 6.10 Å². The maximum atomic E-state index is 5.58. The van der Waals surface area contributed by atoms with Gasteiger partial charge in [-0.15, -0.1) is 0 Å². The van der Waals surface area contributed by atoms with Gasteiger partial charge in [-0.05, 0) is 72.4 Å². The lowest BCUT2D eigenvalue weighted by molar-refractivity contribution is 0.0693. The van der Waals surface area contributed by atoms with E-state index in [0.717, 1.165) is 18.6 Å². The minimum atomic E-state index is 0.391. The molecule has 0 spiro atoms.